The fourth-order valence-corrected chi connectivity index (χ4v) is 5.34. The van der Waals surface area contributed by atoms with Crippen molar-refractivity contribution in [1.29, 1.82) is 0 Å². The van der Waals surface area contributed by atoms with Crippen molar-refractivity contribution in [1.82, 2.24) is 29.5 Å². The number of rotatable bonds is 5. The van der Waals surface area contributed by atoms with Crippen LogP contribution in [0.4, 0.5) is 16.2 Å². The number of aromatic nitrogens is 6. The van der Waals surface area contributed by atoms with Crippen molar-refractivity contribution in [2.24, 2.45) is 0 Å². The van der Waals surface area contributed by atoms with Crippen LogP contribution in [0.3, 0.4) is 0 Å². The van der Waals surface area contributed by atoms with E-state index < -0.39 is 5.60 Å². The Labute approximate surface area is 216 Å². The first kappa shape index (κ1) is 23.4. The summed E-state index contributed by atoms with van der Waals surface area (Å²) in [5.74, 6) is 1.16. The van der Waals surface area contributed by atoms with Crippen LogP contribution in [-0.4, -0.2) is 60.8 Å². The van der Waals surface area contributed by atoms with Gasteiger partial charge in [0, 0.05) is 62.1 Å². The van der Waals surface area contributed by atoms with Gasteiger partial charge in [-0.2, -0.15) is 5.10 Å². The van der Waals surface area contributed by atoms with Crippen molar-refractivity contribution in [2.45, 2.75) is 19.4 Å². The van der Waals surface area contributed by atoms with E-state index in [-0.39, 0.29) is 5.82 Å². The molecular weight excluding hydrogens is 491 g/mol. The average molecular weight is 517 g/mol. The third-order valence-electron chi connectivity index (χ3n) is 6.76. The van der Waals surface area contributed by atoms with Crippen molar-refractivity contribution >= 4 is 28.6 Å². The number of hydrogen-bond acceptors (Lipinski definition) is 9. The molecule has 37 heavy (non-hydrogen) atoms. The molecule has 1 N–H and O–H groups in total. The van der Waals surface area contributed by atoms with E-state index in [9.17, 15) is 9.50 Å². The summed E-state index contributed by atoms with van der Waals surface area (Å²) in [5.41, 5.74) is 1.84. The predicted octanol–water partition coefficient (Wildman–Crippen LogP) is 3.67. The molecule has 0 unspecified atom stereocenters. The number of halogens is 1. The van der Waals surface area contributed by atoms with Gasteiger partial charge in [-0.05, 0) is 37.6 Å². The van der Waals surface area contributed by atoms with Crippen LogP contribution in [0.25, 0.3) is 16.0 Å². The van der Waals surface area contributed by atoms with Gasteiger partial charge >= 0.3 is 0 Å². The quantitative estimate of drug-likeness (QED) is 0.378. The van der Waals surface area contributed by atoms with Crippen molar-refractivity contribution in [3.63, 3.8) is 0 Å². The van der Waals surface area contributed by atoms with Crippen LogP contribution in [0.1, 0.15) is 23.1 Å². The SMILES string of the molecule is Cc1ncc(-c2cc3c(N4CCN(c5ncc([C@](C)(O)c6ccc(F)cc6)cn5)CC4)ncnn3c2)s1. The van der Waals surface area contributed by atoms with Gasteiger partial charge in [-0.15, -0.1) is 11.3 Å². The van der Waals surface area contributed by atoms with Crippen molar-refractivity contribution in [2.75, 3.05) is 36.0 Å². The van der Waals surface area contributed by atoms with E-state index in [2.05, 4.69) is 40.9 Å². The number of hydrogen-bond donors (Lipinski definition) is 1. The molecule has 4 aromatic heterocycles. The van der Waals surface area contributed by atoms with Crippen LogP contribution < -0.4 is 9.80 Å². The molecule has 0 aliphatic carbocycles. The van der Waals surface area contributed by atoms with Gasteiger partial charge in [-0.1, -0.05) is 12.1 Å². The minimum absolute atomic E-state index is 0.347. The first-order valence-corrected chi connectivity index (χ1v) is 12.8. The number of piperazine rings is 1. The number of fused-ring (bicyclic) bond motifs is 1. The molecule has 6 rings (SSSR count). The van der Waals surface area contributed by atoms with Gasteiger partial charge in [-0.3, -0.25) is 0 Å². The van der Waals surface area contributed by atoms with Crippen LogP contribution in [-0.2, 0) is 5.60 Å². The molecule has 0 radical (unpaired) electrons. The third-order valence-corrected chi connectivity index (χ3v) is 7.72. The van der Waals surface area contributed by atoms with E-state index in [1.165, 1.54) is 12.1 Å². The summed E-state index contributed by atoms with van der Waals surface area (Å²) >= 11 is 1.66. The monoisotopic (exact) mass is 516 g/mol. The van der Waals surface area contributed by atoms with Crippen LogP contribution in [0, 0.1) is 12.7 Å². The molecule has 1 aromatic carbocycles. The maximum Gasteiger partial charge on any atom is 0.225 e. The normalized spacial score (nSPS) is 15.8. The Morgan fingerprint density at radius 3 is 2.30 bits per heavy atom. The first-order valence-electron chi connectivity index (χ1n) is 12.0. The number of nitrogens with zero attached hydrogens (tertiary/aromatic N) is 8. The van der Waals surface area contributed by atoms with Gasteiger partial charge in [0.1, 0.15) is 23.3 Å². The lowest BCUT2D eigenvalue weighted by Gasteiger charge is -2.35. The van der Waals surface area contributed by atoms with E-state index in [0.29, 0.717) is 17.1 Å². The Morgan fingerprint density at radius 1 is 0.919 bits per heavy atom. The van der Waals surface area contributed by atoms with Crippen LogP contribution >= 0.6 is 11.3 Å². The van der Waals surface area contributed by atoms with E-state index in [0.717, 1.165) is 53.0 Å². The largest absolute Gasteiger partial charge is 0.381 e. The molecular formula is C26H25FN8OS. The molecule has 1 aliphatic heterocycles. The van der Waals surface area contributed by atoms with Gasteiger partial charge in [0.25, 0.3) is 0 Å². The van der Waals surface area contributed by atoms with E-state index in [1.807, 2.05) is 23.8 Å². The zero-order chi connectivity index (χ0) is 25.6. The average Bonchev–Trinajstić information content (AvgIpc) is 3.55. The van der Waals surface area contributed by atoms with E-state index >= 15 is 0 Å². The molecule has 1 aliphatic rings. The van der Waals surface area contributed by atoms with E-state index in [4.69, 9.17) is 0 Å². The first-order chi connectivity index (χ1) is 17.9. The molecule has 0 saturated carbocycles. The van der Waals surface area contributed by atoms with Crippen LogP contribution in [0.2, 0.25) is 0 Å². The Hall–Kier alpha value is -3.96. The minimum Gasteiger partial charge on any atom is -0.381 e. The summed E-state index contributed by atoms with van der Waals surface area (Å²) in [5, 5.41) is 16.5. The Kier molecular flexibility index (Phi) is 5.81. The number of anilines is 2. The maximum atomic E-state index is 13.3. The van der Waals surface area contributed by atoms with Crippen LogP contribution in [0.15, 0.2) is 61.4 Å². The number of aliphatic hydroxyl groups is 1. The molecule has 1 fully saturated rings. The second-order valence-corrected chi connectivity index (χ2v) is 10.4. The molecule has 1 atom stereocenters. The highest BCUT2D eigenvalue weighted by molar-refractivity contribution is 7.15. The van der Waals surface area contributed by atoms with Crippen LogP contribution in [0.5, 0.6) is 0 Å². The fraction of sp³-hybridized carbons (Fsp3) is 0.269. The summed E-state index contributed by atoms with van der Waals surface area (Å²) < 4.78 is 15.2. The molecule has 188 valence electrons. The second kappa shape index (κ2) is 9.16. The van der Waals surface area contributed by atoms with Gasteiger partial charge < -0.3 is 14.9 Å². The van der Waals surface area contributed by atoms with Crippen molar-refractivity contribution in [3.05, 3.63) is 83.4 Å². The topological polar surface area (TPSA) is 95.6 Å². The summed E-state index contributed by atoms with van der Waals surface area (Å²) in [4.78, 5) is 23.5. The minimum atomic E-state index is -1.32. The molecule has 5 heterocycles. The molecule has 9 nitrogen and oxygen atoms in total. The van der Waals surface area contributed by atoms with Gasteiger partial charge in [0.15, 0.2) is 5.82 Å². The summed E-state index contributed by atoms with van der Waals surface area (Å²) in [6, 6.07) is 7.92. The van der Waals surface area contributed by atoms with Gasteiger partial charge in [0.05, 0.1) is 9.88 Å². The molecule has 0 amide bonds. The molecule has 5 aromatic rings. The molecule has 11 heteroatoms. The highest BCUT2D eigenvalue weighted by Gasteiger charge is 2.28. The van der Waals surface area contributed by atoms with Gasteiger partial charge in [0.2, 0.25) is 5.95 Å². The smallest absolute Gasteiger partial charge is 0.225 e. The molecule has 1 saturated heterocycles. The van der Waals surface area contributed by atoms with Crippen molar-refractivity contribution < 1.29 is 9.50 Å². The zero-order valence-corrected chi connectivity index (χ0v) is 21.2. The number of aryl methyl sites for hydroxylation is 1. The van der Waals surface area contributed by atoms with Gasteiger partial charge in [-0.25, -0.2) is 28.8 Å². The second-order valence-electron chi connectivity index (χ2n) is 9.21. The lowest BCUT2D eigenvalue weighted by atomic mass is 9.90. The third kappa shape index (κ3) is 4.40. The molecule has 0 spiro atoms. The fourth-order valence-electron chi connectivity index (χ4n) is 4.59. The predicted molar refractivity (Wildman–Crippen MR) is 140 cm³/mol. The highest BCUT2D eigenvalue weighted by Crippen LogP contribution is 2.31. The lowest BCUT2D eigenvalue weighted by Crippen LogP contribution is -2.47. The van der Waals surface area contributed by atoms with E-state index in [1.54, 1.807) is 49.1 Å². The number of benzene rings is 1. The number of thiazole rings is 1. The zero-order valence-electron chi connectivity index (χ0n) is 20.4. The van der Waals surface area contributed by atoms with Crippen molar-refractivity contribution in [3.8, 4) is 10.4 Å². The maximum absolute atomic E-state index is 13.3. The highest BCUT2D eigenvalue weighted by atomic mass is 32.1. The summed E-state index contributed by atoms with van der Waals surface area (Å²) in [7, 11) is 0. The Morgan fingerprint density at radius 2 is 1.62 bits per heavy atom. The summed E-state index contributed by atoms with van der Waals surface area (Å²) in [6.07, 6.45) is 8.76. The lowest BCUT2D eigenvalue weighted by molar-refractivity contribution is 0.101. The standard InChI is InChI=1S/C26H25FN8OS/c1-17-28-14-23(37-17)18-11-22-24(31-16-32-35(22)15-18)33-7-9-34(10-8-33)25-29-12-20(13-30-25)26(2,36)19-3-5-21(27)6-4-19/h3-6,11-16,36H,7-10H2,1-2H3/t26-/m1/s1. The molecule has 0 bridgehead atoms. The summed E-state index contributed by atoms with van der Waals surface area (Å²) in [6.45, 7) is 6.62. The Balaban J connectivity index is 1.17. The Bertz CT molecular complexity index is 1540.